The van der Waals surface area contributed by atoms with Gasteiger partial charge in [0.25, 0.3) is 0 Å². The highest BCUT2D eigenvalue weighted by Crippen LogP contribution is 2.31. The number of sulfonamides is 1. The number of nitrogens with zero attached hydrogens (tertiary/aromatic N) is 2. The van der Waals surface area contributed by atoms with Gasteiger partial charge in [-0.3, -0.25) is 4.79 Å². The summed E-state index contributed by atoms with van der Waals surface area (Å²) >= 11 is 12.0. The molecule has 1 heterocycles. The standard InChI is InChI=1S/C20H23Cl2N3O4S/c1-24-9-11-25(12-10-24)30(27,28)16-5-2-4-15(14-16)23-19(26)8-13-29-18-7-3-6-17(21)20(18)22/h2-7,14H,8-13H2,1H3,(H,23,26). The number of piperazine rings is 1. The molecule has 2 aromatic carbocycles. The van der Waals surface area contributed by atoms with E-state index in [1.54, 1.807) is 30.3 Å². The molecule has 1 aliphatic rings. The molecule has 0 unspecified atom stereocenters. The Bertz CT molecular complexity index is 1010. The van der Waals surface area contributed by atoms with Gasteiger partial charge in [-0.1, -0.05) is 35.3 Å². The van der Waals surface area contributed by atoms with Crippen LogP contribution in [0.25, 0.3) is 0 Å². The predicted molar refractivity (Wildman–Crippen MR) is 118 cm³/mol. The Morgan fingerprint density at radius 1 is 1.10 bits per heavy atom. The van der Waals surface area contributed by atoms with E-state index in [2.05, 4.69) is 10.2 Å². The number of carbonyl (C=O) groups is 1. The second kappa shape index (κ2) is 9.98. The van der Waals surface area contributed by atoms with Gasteiger partial charge in [0.15, 0.2) is 0 Å². The molecule has 1 fully saturated rings. The van der Waals surface area contributed by atoms with E-state index in [1.807, 2.05) is 7.05 Å². The monoisotopic (exact) mass is 471 g/mol. The molecule has 7 nitrogen and oxygen atoms in total. The molecule has 0 saturated carbocycles. The zero-order chi connectivity index (χ0) is 21.7. The van der Waals surface area contributed by atoms with Crippen molar-refractivity contribution in [1.82, 2.24) is 9.21 Å². The number of rotatable bonds is 7. The van der Waals surface area contributed by atoms with Crippen molar-refractivity contribution in [1.29, 1.82) is 0 Å². The molecular weight excluding hydrogens is 449 g/mol. The zero-order valence-corrected chi connectivity index (χ0v) is 18.8. The van der Waals surface area contributed by atoms with Gasteiger partial charge in [-0.05, 0) is 37.4 Å². The van der Waals surface area contributed by atoms with Crippen molar-refractivity contribution in [3.05, 3.63) is 52.5 Å². The Kier molecular flexibility index (Phi) is 7.60. The first-order valence-corrected chi connectivity index (χ1v) is 11.6. The highest BCUT2D eigenvalue weighted by molar-refractivity contribution is 7.89. The van der Waals surface area contributed by atoms with Gasteiger partial charge in [0.1, 0.15) is 10.8 Å². The third-order valence-electron chi connectivity index (χ3n) is 4.72. The Balaban J connectivity index is 1.58. The lowest BCUT2D eigenvalue weighted by Crippen LogP contribution is -2.47. The van der Waals surface area contributed by atoms with Gasteiger partial charge in [-0.25, -0.2) is 8.42 Å². The molecule has 1 aliphatic heterocycles. The summed E-state index contributed by atoms with van der Waals surface area (Å²) in [5.74, 6) is 0.0968. The molecule has 1 saturated heterocycles. The fourth-order valence-corrected chi connectivity index (χ4v) is 4.80. The molecule has 30 heavy (non-hydrogen) atoms. The molecule has 10 heteroatoms. The number of hydrogen-bond donors (Lipinski definition) is 1. The highest BCUT2D eigenvalue weighted by atomic mass is 35.5. The van der Waals surface area contributed by atoms with Gasteiger partial charge in [0, 0.05) is 31.9 Å². The largest absolute Gasteiger partial charge is 0.491 e. The maximum absolute atomic E-state index is 12.9. The molecular formula is C20H23Cl2N3O4S. The van der Waals surface area contributed by atoms with E-state index in [1.165, 1.54) is 16.4 Å². The Labute approximate surface area is 186 Å². The normalized spacial score (nSPS) is 15.7. The van der Waals surface area contributed by atoms with Crippen molar-refractivity contribution in [2.75, 3.05) is 45.2 Å². The minimum Gasteiger partial charge on any atom is -0.491 e. The number of carbonyl (C=O) groups excluding carboxylic acids is 1. The lowest BCUT2D eigenvalue weighted by molar-refractivity contribution is -0.116. The van der Waals surface area contributed by atoms with Gasteiger partial charge in [0.05, 0.1) is 22.9 Å². The molecule has 1 N–H and O–H groups in total. The van der Waals surface area contributed by atoms with Gasteiger partial charge in [-0.15, -0.1) is 0 Å². The lowest BCUT2D eigenvalue weighted by atomic mass is 10.3. The van der Waals surface area contributed by atoms with Crippen LogP contribution in [0.15, 0.2) is 47.4 Å². The average molecular weight is 472 g/mol. The van der Waals surface area contributed by atoms with E-state index in [9.17, 15) is 13.2 Å². The maximum Gasteiger partial charge on any atom is 0.243 e. The first-order valence-electron chi connectivity index (χ1n) is 9.43. The SMILES string of the molecule is CN1CCN(S(=O)(=O)c2cccc(NC(=O)CCOc3cccc(Cl)c3Cl)c2)CC1. The van der Waals surface area contributed by atoms with Crippen LogP contribution in [-0.2, 0) is 14.8 Å². The van der Waals surface area contributed by atoms with Crippen molar-refractivity contribution in [2.45, 2.75) is 11.3 Å². The van der Waals surface area contributed by atoms with Crippen LogP contribution in [0.4, 0.5) is 5.69 Å². The smallest absolute Gasteiger partial charge is 0.243 e. The lowest BCUT2D eigenvalue weighted by Gasteiger charge is -2.31. The van der Waals surface area contributed by atoms with Crippen molar-refractivity contribution >= 4 is 44.8 Å². The van der Waals surface area contributed by atoms with E-state index in [0.717, 1.165) is 0 Å². The second-order valence-electron chi connectivity index (χ2n) is 6.93. The first kappa shape index (κ1) is 22.8. The van der Waals surface area contributed by atoms with Crippen molar-refractivity contribution in [2.24, 2.45) is 0 Å². The predicted octanol–water partition coefficient (Wildman–Crippen LogP) is 3.34. The molecule has 1 amide bonds. The molecule has 0 aromatic heterocycles. The number of ether oxygens (including phenoxy) is 1. The Morgan fingerprint density at radius 3 is 2.53 bits per heavy atom. The summed E-state index contributed by atoms with van der Waals surface area (Å²) in [6.07, 6.45) is 0.0677. The third-order valence-corrected chi connectivity index (χ3v) is 7.42. The van der Waals surface area contributed by atoms with Gasteiger partial charge in [-0.2, -0.15) is 4.31 Å². The number of likely N-dealkylation sites (N-methyl/N-ethyl adjacent to an activating group) is 1. The molecule has 0 atom stereocenters. The van der Waals surface area contributed by atoms with Crippen LogP contribution in [0.2, 0.25) is 10.0 Å². The number of amides is 1. The summed E-state index contributed by atoms with van der Waals surface area (Å²) < 4.78 is 32.7. The van der Waals surface area contributed by atoms with Crippen LogP contribution in [0.1, 0.15) is 6.42 Å². The van der Waals surface area contributed by atoms with Gasteiger partial charge in [0.2, 0.25) is 15.9 Å². The van der Waals surface area contributed by atoms with E-state index in [0.29, 0.717) is 47.7 Å². The van der Waals surface area contributed by atoms with Crippen LogP contribution in [0.5, 0.6) is 5.75 Å². The van der Waals surface area contributed by atoms with Crippen LogP contribution in [0, 0.1) is 0 Å². The molecule has 2 aromatic rings. The van der Waals surface area contributed by atoms with Crippen LogP contribution < -0.4 is 10.1 Å². The molecule has 0 bridgehead atoms. The molecule has 0 radical (unpaired) electrons. The van der Waals surface area contributed by atoms with Gasteiger partial charge < -0.3 is 15.0 Å². The van der Waals surface area contributed by atoms with E-state index < -0.39 is 10.0 Å². The Morgan fingerprint density at radius 2 is 1.80 bits per heavy atom. The number of halogens is 2. The summed E-state index contributed by atoms with van der Waals surface area (Å²) in [5.41, 5.74) is 0.413. The summed E-state index contributed by atoms with van der Waals surface area (Å²) in [7, 11) is -1.64. The van der Waals surface area contributed by atoms with Crippen molar-refractivity contribution in [3.63, 3.8) is 0 Å². The summed E-state index contributed by atoms with van der Waals surface area (Å²) in [4.78, 5) is 14.5. The van der Waals surface area contributed by atoms with E-state index in [-0.39, 0.29) is 23.8 Å². The topological polar surface area (TPSA) is 79.0 Å². The first-order chi connectivity index (χ1) is 14.3. The van der Waals surface area contributed by atoms with Gasteiger partial charge >= 0.3 is 0 Å². The highest BCUT2D eigenvalue weighted by Gasteiger charge is 2.27. The second-order valence-corrected chi connectivity index (χ2v) is 9.66. The molecule has 0 spiro atoms. The van der Waals surface area contributed by atoms with Crippen molar-refractivity contribution in [3.8, 4) is 5.75 Å². The van der Waals surface area contributed by atoms with Crippen LogP contribution in [-0.4, -0.2) is 63.4 Å². The minimum atomic E-state index is -3.60. The van der Waals surface area contributed by atoms with Crippen LogP contribution in [0.3, 0.4) is 0 Å². The quantitative estimate of drug-likeness (QED) is 0.669. The summed E-state index contributed by atoms with van der Waals surface area (Å²) in [6, 6.07) is 11.3. The van der Waals surface area contributed by atoms with Crippen molar-refractivity contribution < 1.29 is 17.9 Å². The summed E-state index contributed by atoms with van der Waals surface area (Å²) in [5, 5.41) is 3.37. The fourth-order valence-electron chi connectivity index (χ4n) is 2.98. The number of hydrogen-bond acceptors (Lipinski definition) is 5. The number of nitrogens with one attached hydrogen (secondary N) is 1. The van der Waals surface area contributed by atoms with E-state index in [4.69, 9.17) is 27.9 Å². The molecule has 162 valence electrons. The third kappa shape index (κ3) is 5.65. The zero-order valence-electron chi connectivity index (χ0n) is 16.5. The number of benzene rings is 2. The Hall–Kier alpha value is -1.84. The van der Waals surface area contributed by atoms with E-state index >= 15 is 0 Å². The molecule has 3 rings (SSSR count). The minimum absolute atomic E-state index is 0.0677. The summed E-state index contributed by atoms with van der Waals surface area (Å²) in [6.45, 7) is 2.36. The fraction of sp³-hybridized carbons (Fsp3) is 0.350. The molecule has 0 aliphatic carbocycles. The maximum atomic E-state index is 12.9. The number of anilines is 1. The van der Waals surface area contributed by atoms with Crippen LogP contribution >= 0.6 is 23.2 Å². The average Bonchev–Trinajstić information content (AvgIpc) is 2.72.